The third kappa shape index (κ3) is 2.72. The van der Waals surface area contributed by atoms with Crippen LogP contribution in [0.4, 0.5) is 0 Å². The van der Waals surface area contributed by atoms with Crippen molar-refractivity contribution in [2.24, 2.45) is 0 Å². The Bertz CT molecular complexity index is 374. The second-order valence-corrected chi connectivity index (χ2v) is 3.83. The minimum Gasteiger partial charge on any atom is -0.492 e. The number of ketones is 1. The Kier molecular flexibility index (Phi) is 4.15. The summed E-state index contributed by atoms with van der Waals surface area (Å²) in [5.74, 6) is 1.20. The van der Waals surface area contributed by atoms with Crippen molar-refractivity contribution in [1.29, 1.82) is 0 Å². The van der Waals surface area contributed by atoms with Gasteiger partial charge in [0.15, 0.2) is 17.3 Å². The predicted octanol–water partition coefficient (Wildman–Crippen LogP) is 3.06. The standard InChI is InChI=1S/C11H13BrO3/c1-4-15-10-6-8(7(2)13)5-9(12)11(10)14-3/h5-6H,4H2,1-3H3. The van der Waals surface area contributed by atoms with Crippen LogP contribution >= 0.6 is 15.9 Å². The average Bonchev–Trinajstić information content (AvgIpc) is 2.17. The van der Waals surface area contributed by atoms with E-state index in [1.54, 1.807) is 19.2 Å². The zero-order valence-electron chi connectivity index (χ0n) is 8.96. The van der Waals surface area contributed by atoms with E-state index in [0.717, 1.165) is 4.47 Å². The smallest absolute Gasteiger partial charge is 0.174 e. The van der Waals surface area contributed by atoms with Crippen LogP contribution in [-0.4, -0.2) is 19.5 Å². The predicted molar refractivity (Wildman–Crippen MR) is 61.9 cm³/mol. The molecule has 3 nitrogen and oxygen atoms in total. The van der Waals surface area contributed by atoms with Crippen LogP contribution in [0.2, 0.25) is 0 Å². The number of rotatable bonds is 4. The molecule has 0 aromatic heterocycles. The number of methoxy groups -OCH3 is 1. The van der Waals surface area contributed by atoms with Crippen LogP contribution in [0.5, 0.6) is 11.5 Å². The van der Waals surface area contributed by atoms with Crippen LogP contribution in [-0.2, 0) is 0 Å². The van der Waals surface area contributed by atoms with Gasteiger partial charge in [-0.05, 0) is 41.9 Å². The first-order valence-electron chi connectivity index (χ1n) is 4.61. The number of Topliss-reactive ketones (excluding diaryl/α,β-unsaturated/α-hetero) is 1. The Morgan fingerprint density at radius 2 is 2.13 bits per heavy atom. The third-order valence-electron chi connectivity index (χ3n) is 1.92. The molecule has 0 aliphatic carbocycles. The second-order valence-electron chi connectivity index (χ2n) is 2.98. The summed E-state index contributed by atoms with van der Waals surface area (Å²) in [6.07, 6.45) is 0. The molecule has 0 N–H and O–H groups in total. The van der Waals surface area contributed by atoms with E-state index in [0.29, 0.717) is 23.7 Å². The fraction of sp³-hybridized carbons (Fsp3) is 0.364. The van der Waals surface area contributed by atoms with E-state index in [2.05, 4.69) is 15.9 Å². The number of carbonyl (C=O) groups excluding carboxylic acids is 1. The molecule has 15 heavy (non-hydrogen) atoms. The Morgan fingerprint density at radius 1 is 1.47 bits per heavy atom. The van der Waals surface area contributed by atoms with Gasteiger partial charge < -0.3 is 9.47 Å². The maximum atomic E-state index is 11.2. The summed E-state index contributed by atoms with van der Waals surface area (Å²) in [6.45, 7) is 3.93. The maximum Gasteiger partial charge on any atom is 0.174 e. The van der Waals surface area contributed by atoms with Gasteiger partial charge >= 0.3 is 0 Å². The zero-order chi connectivity index (χ0) is 11.4. The summed E-state index contributed by atoms with van der Waals surface area (Å²) in [5.41, 5.74) is 0.603. The molecule has 0 atom stereocenters. The highest BCUT2D eigenvalue weighted by Gasteiger charge is 2.12. The maximum absolute atomic E-state index is 11.2. The lowest BCUT2D eigenvalue weighted by atomic mass is 10.1. The van der Waals surface area contributed by atoms with Crippen molar-refractivity contribution in [3.63, 3.8) is 0 Å². The number of ether oxygens (including phenoxy) is 2. The molecule has 82 valence electrons. The topological polar surface area (TPSA) is 35.5 Å². The molecular formula is C11H13BrO3. The summed E-state index contributed by atoms with van der Waals surface area (Å²) in [7, 11) is 1.57. The molecule has 0 bridgehead atoms. The number of carbonyl (C=O) groups is 1. The van der Waals surface area contributed by atoms with Crippen LogP contribution in [0.1, 0.15) is 24.2 Å². The van der Waals surface area contributed by atoms with Crippen molar-refractivity contribution in [3.05, 3.63) is 22.2 Å². The summed E-state index contributed by atoms with van der Waals surface area (Å²) < 4.78 is 11.3. The summed E-state index contributed by atoms with van der Waals surface area (Å²) in [6, 6.07) is 3.42. The SMILES string of the molecule is CCOc1cc(C(C)=O)cc(Br)c1OC. The molecule has 0 amide bonds. The number of hydrogen-bond acceptors (Lipinski definition) is 3. The molecule has 0 unspecified atom stereocenters. The van der Waals surface area contributed by atoms with Crippen molar-refractivity contribution in [2.75, 3.05) is 13.7 Å². The summed E-state index contributed by atoms with van der Waals surface area (Å²) in [5, 5.41) is 0. The monoisotopic (exact) mass is 272 g/mol. The molecule has 1 aromatic rings. The lowest BCUT2D eigenvalue weighted by Crippen LogP contribution is -1.99. The molecule has 0 radical (unpaired) electrons. The molecule has 0 aliphatic heterocycles. The van der Waals surface area contributed by atoms with Crippen molar-refractivity contribution < 1.29 is 14.3 Å². The second kappa shape index (κ2) is 5.16. The first-order valence-corrected chi connectivity index (χ1v) is 5.40. The lowest BCUT2D eigenvalue weighted by molar-refractivity contribution is 0.101. The lowest BCUT2D eigenvalue weighted by Gasteiger charge is -2.12. The van der Waals surface area contributed by atoms with Crippen LogP contribution in [0, 0.1) is 0 Å². The fourth-order valence-electron chi connectivity index (χ4n) is 1.23. The van der Waals surface area contributed by atoms with E-state index >= 15 is 0 Å². The highest BCUT2D eigenvalue weighted by Crippen LogP contribution is 2.36. The van der Waals surface area contributed by atoms with Crippen LogP contribution in [0.15, 0.2) is 16.6 Å². The van der Waals surface area contributed by atoms with Gasteiger partial charge in [-0.3, -0.25) is 4.79 Å². The van der Waals surface area contributed by atoms with Gasteiger partial charge in [0.2, 0.25) is 0 Å². The zero-order valence-corrected chi connectivity index (χ0v) is 10.6. The first kappa shape index (κ1) is 12.0. The summed E-state index contributed by atoms with van der Waals surface area (Å²) >= 11 is 3.34. The van der Waals surface area contributed by atoms with E-state index in [1.807, 2.05) is 6.92 Å². The molecule has 1 rings (SSSR count). The van der Waals surface area contributed by atoms with E-state index in [-0.39, 0.29) is 5.78 Å². The van der Waals surface area contributed by atoms with Gasteiger partial charge in [-0.25, -0.2) is 0 Å². The number of halogens is 1. The van der Waals surface area contributed by atoms with E-state index in [9.17, 15) is 4.79 Å². The Morgan fingerprint density at radius 3 is 2.60 bits per heavy atom. The van der Waals surface area contributed by atoms with Gasteiger partial charge in [0.05, 0.1) is 18.2 Å². The van der Waals surface area contributed by atoms with Gasteiger partial charge in [0.1, 0.15) is 0 Å². The van der Waals surface area contributed by atoms with Crippen LogP contribution in [0.25, 0.3) is 0 Å². The van der Waals surface area contributed by atoms with Crippen molar-refractivity contribution in [1.82, 2.24) is 0 Å². The van der Waals surface area contributed by atoms with Gasteiger partial charge in [0, 0.05) is 5.56 Å². The highest BCUT2D eigenvalue weighted by molar-refractivity contribution is 9.10. The Hall–Kier alpha value is -1.03. The molecule has 0 aliphatic rings. The quantitative estimate of drug-likeness (QED) is 0.791. The highest BCUT2D eigenvalue weighted by atomic mass is 79.9. The first-order chi connectivity index (χ1) is 7.10. The van der Waals surface area contributed by atoms with Gasteiger partial charge in [0.25, 0.3) is 0 Å². The molecular weight excluding hydrogens is 260 g/mol. The van der Waals surface area contributed by atoms with Crippen LogP contribution < -0.4 is 9.47 Å². The number of hydrogen-bond donors (Lipinski definition) is 0. The Balaban J connectivity index is 3.25. The molecule has 1 aromatic carbocycles. The molecule has 0 heterocycles. The minimum absolute atomic E-state index is 0.000642. The van der Waals surface area contributed by atoms with Gasteiger partial charge in [-0.2, -0.15) is 0 Å². The molecule has 0 saturated heterocycles. The number of benzene rings is 1. The Labute approximate surface area is 97.5 Å². The largest absolute Gasteiger partial charge is 0.492 e. The van der Waals surface area contributed by atoms with Gasteiger partial charge in [-0.15, -0.1) is 0 Å². The van der Waals surface area contributed by atoms with E-state index in [1.165, 1.54) is 6.92 Å². The minimum atomic E-state index is -0.000642. The summed E-state index contributed by atoms with van der Waals surface area (Å²) in [4.78, 5) is 11.2. The van der Waals surface area contributed by atoms with Gasteiger partial charge in [-0.1, -0.05) is 0 Å². The molecule has 0 saturated carbocycles. The van der Waals surface area contributed by atoms with Crippen molar-refractivity contribution in [2.45, 2.75) is 13.8 Å². The third-order valence-corrected chi connectivity index (χ3v) is 2.51. The normalized spacial score (nSPS) is 9.87. The molecule has 0 spiro atoms. The van der Waals surface area contributed by atoms with Crippen molar-refractivity contribution >= 4 is 21.7 Å². The fourth-order valence-corrected chi connectivity index (χ4v) is 1.84. The van der Waals surface area contributed by atoms with E-state index < -0.39 is 0 Å². The molecule has 0 fully saturated rings. The molecule has 4 heteroatoms. The van der Waals surface area contributed by atoms with Crippen molar-refractivity contribution in [3.8, 4) is 11.5 Å². The van der Waals surface area contributed by atoms with Crippen LogP contribution in [0.3, 0.4) is 0 Å². The van der Waals surface area contributed by atoms with E-state index in [4.69, 9.17) is 9.47 Å². The average molecular weight is 273 g/mol.